The molecule has 4 atom stereocenters. The second kappa shape index (κ2) is 9.55. The third-order valence-electron chi connectivity index (χ3n) is 4.22. The molecule has 0 spiro atoms. The Hall–Kier alpha value is -1.71. The van der Waals surface area contributed by atoms with Crippen molar-refractivity contribution in [1.82, 2.24) is 10.2 Å². The largest absolute Gasteiger partial charge is 0.480 e. The van der Waals surface area contributed by atoms with Gasteiger partial charge in [0.1, 0.15) is 18.2 Å². The average Bonchev–Trinajstić information content (AvgIpc) is 3.03. The lowest BCUT2D eigenvalue weighted by molar-refractivity contribution is -0.149. The predicted octanol–water partition coefficient (Wildman–Crippen LogP) is -1.62. The maximum atomic E-state index is 12.3. The molecule has 1 saturated heterocycles. The zero-order valence-corrected chi connectivity index (χ0v) is 14.0. The van der Waals surface area contributed by atoms with Gasteiger partial charge in [-0.1, -0.05) is 6.42 Å². The second-order valence-corrected chi connectivity index (χ2v) is 6.15. The van der Waals surface area contributed by atoms with E-state index in [1.54, 1.807) is 0 Å². The summed E-state index contributed by atoms with van der Waals surface area (Å²) < 4.78 is 0. The number of aliphatic hydroxyl groups is 1. The van der Waals surface area contributed by atoms with Crippen LogP contribution in [-0.4, -0.2) is 70.2 Å². The number of unbranched alkanes of at least 4 members (excludes halogenated alkanes) is 1. The van der Waals surface area contributed by atoms with Crippen molar-refractivity contribution < 1.29 is 24.6 Å². The van der Waals surface area contributed by atoms with E-state index in [1.165, 1.54) is 11.8 Å². The molecule has 9 nitrogen and oxygen atoms in total. The number of nitrogens with one attached hydrogen (secondary N) is 1. The number of amides is 2. The van der Waals surface area contributed by atoms with Crippen molar-refractivity contribution in [3.63, 3.8) is 0 Å². The highest BCUT2D eigenvalue weighted by Gasteiger charge is 2.36. The molecule has 0 aliphatic carbocycles. The van der Waals surface area contributed by atoms with Gasteiger partial charge in [-0.15, -0.1) is 0 Å². The Morgan fingerprint density at radius 3 is 2.58 bits per heavy atom. The minimum atomic E-state index is -1.42. The normalized spacial score (nSPS) is 21.2. The maximum Gasteiger partial charge on any atom is 0.326 e. The van der Waals surface area contributed by atoms with E-state index in [1.807, 2.05) is 0 Å². The molecule has 1 aliphatic heterocycles. The zero-order valence-electron chi connectivity index (χ0n) is 14.0. The van der Waals surface area contributed by atoms with Gasteiger partial charge in [-0.05, 0) is 39.2 Å². The molecule has 3 unspecified atom stereocenters. The Bertz CT molecular complexity index is 459. The summed E-state index contributed by atoms with van der Waals surface area (Å²) in [5.41, 5.74) is 11.1. The Morgan fingerprint density at radius 1 is 1.33 bits per heavy atom. The quantitative estimate of drug-likeness (QED) is 0.314. The van der Waals surface area contributed by atoms with Crippen LogP contribution in [0.3, 0.4) is 0 Å². The molecule has 0 bridgehead atoms. The third-order valence-corrected chi connectivity index (χ3v) is 4.22. The highest BCUT2D eigenvalue weighted by atomic mass is 16.4. The van der Waals surface area contributed by atoms with E-state index in [0.717, 1.165) is 6.42 Å². The number of aliphatic hydroxyl groups excluding tert-OH is 1. The smallest absolute Gasteiger partial charge is 0.326 e. The molecule has 24 heavy (non-hydrogen) atoms. The van der Waals surface area contributed by atoms with Gasteiger partial charge in [-0.2, -0.15) is 0 Å². The van der Waals surface area contributed by atoms with Gasteiger partial charge >= 0.3 is 5.97 Å². The molecule has 1 fully saturated rings. The van der Waals surface area contributed by atoms with Gasteiger partial charge in [-0.3, -0.25) is 9.59 Å². The first kappa shape index (κ1) is 20.3. The lowest BCUT2D eigenvalue weighted by Crippen LogP contribution is -2.54. The molecule has 138 valence electrons. The predicted molar refractivity (Wildman–Crippen MR) is 86.9 cm³/mol. The van der Waals surface area contributed by atoms with Gasteiger partial charge in [0.05, 0.1) is 0 Å². The zero-order chi connectivity index (χ0) is 18.3. The minimum absolute atomic E-state index is 0.344. The van der Waals surface area contributed by atoms with E-state index in [0.29, 0.717) is 38.8 Å². The van der Waals surface area contributed by atoms with Crippen LogP contribution in [0.2, 0.25) is 0 Å². The van der Waals surface area contributed by atoms with Crippen LogP contribution in [0.5, 0.6) is 0 Å². The van der Waals surface area contributed by atoms with Crippen molar-refractivity contribution >= 4 is 17.8 Å². The van der Waals surface area contributed by atoms with Crippen LogP contribution >= 0.6 is 0 Å². The summed E-state index contributed by atoms with van der Waals surface area (Å²) in [5.74, 6) is -2.26. The standard InChI is InChI=1S/C15H28N4O5/c1-9(14(22)19-8-4-6-11(19)15(23)24)18-13(21)12(20)10(17)5-2-3-7-16/h9-12,20H,2-8,16-17H2,1H3,(H,18,21)(H,23,24)/t9?,10?,11-,12?/m0/s1. The molecule has 0 aromatic rings. The molecule has 1 heterocycles. The fourth-order valence-electron chi connectivity index (χ4n) is 2.77. The van der Waals surface area contributed by atoms with E-state index in [-0.39, 0.29) is 0 Å². The van der Waals surface area contributed by atoms with Gasteiger partial charge in [0.2, 0.25) is 5.91 Å². The highest BCUT2D eigenvalue weighted by molar-refractivity contribution is 5.91. The number of nitrogens with zero attached hydrogens (tertiary/aromatic N) is 1. The fraction of sp³-hybridized carbons (Fsp3) is 0.800. The monoisotopic (exact) mass is 344 g/mol. The van der Waals surface area contributed by atoms with E-state index in [9.17, 15) is 19.5 Å². The Morgan fingerprint density at radius 2 is 2.00 bits per heavy atom. The Balaban J connectivity index is 2.53. The number of carboxylic acids is 1. The summed E-state index contributed by atoms with van der Waals surface area (Å²) in [6, 6.07) is -2.53. The highest BCUT2D eigenvalue weighted by Crippen LogP contribution is 2.18. The van der Waals surface area contributed by atoms with E-state index in [4.69, 9.17) is 16.6 Å². The number of carboxylic acid groups (broad SMARTS) is 1. The molecule has 0 radical (unpaired) electrons. The minimum Gasteiger partial charge on any atom is -0.480 e. The van der Waals surface area contributed by atoms with Crippen molar-refractivity contribution in [3.05, 3.63) is 0 Å². The van der Waals surface area contributed by atoms with Crippen molar-refractivity contribution in [2.75, 3.05) is 13.1 Å². The van der Waals surface area contributed by atoms with Gasteiger partial charge in [0, 0.05) is 12.6 Å². The lowest BCUT2D eigenvalue weighted by Gasteiger charge is -2.26. The summed E-state index contributed by atoms with van der Waals surface area (Å²) in [4.78, 5) is 36.7. The second-order valence-electron chi connectivity index (χ2n) is 6.15. The van der Waals surface area contributed by atoms with Crippen LogP contribution in [0.4, 0.5) is 0 Å². The van der Waals surface area contributed by atoms with Crippen LogP contribution < -0.4 is 16.8 Å². The van der Waals surface area contributed by atoms with Crippen LogP contribution in [-0.2, 0) is 14.4 Å². The van der Waals surface area contributed by atoms with Gasteiger partial charge in [0.15, 0.2) is 0 Å². The molecular weight excluding hydrogens is 316 g/mol. The average molecular weight is 344 g/mol. The summed E-state index contributed by atoms with van der Waals surface area (Å²) in [7, 11) is 0. The van der Waals surface area contributed by atoms with Crippen LogP contribution in [0.1, 0.15) is 39.0 Å². The summed E-state index contributed by atoms with van der Waals surface area (Å²) in [6.45, 7) is 2.32. The molecule has 7 N–H and O–H groups in total. The third kappa shape index (κ3) is 5.43. The maximum absolute atomic E-state index is 12.3. The molecular formula is C15H28N4O5. The fourth-order valence-corrected chi connectivity index (χ4v) is 2.77. The molecule has 9 heteroatoms. The lowest BCUT2D eigenvalue weighted by atomic mass is 10.0. The van der Waals surface area contributed by atoms with Crippen molar-refractivity contribution in [1.29, 1.82) is 0 Å². The van der Waals surface area contributed by atoms with Gasteiger partial charge < -0.3 is 31.9 Å². The number of hydrogen-bond acceptors (Lipinski definition) is 6. The van der Waals surface area contributed by atoms with Crippen molar-refractivity contribution in [3.8, 4) is 0 Å². The number of rotatable bonds is 9. The molecule has 2 amide bonds. The summed E-state index contributed by atoms with van der Waals surface area (Å²) in [6.07, 6.45) is 1.48. The number of carbonyl (C=O) groups excluding carboxylic acids is 2. The van der Waals surface area contributed by atoms with Gasteiger partial charge in [0.25, 0.3) is 5.91 Å². The number of aliphatic carboxylic acids is 1. The first-order chi connectivity index (χ1) is 11.3. The molecule has 0 saturated carbocycles. The van der Waals surface area contributed by atoms with Crippen LogP contribution in [0, 0.1) is 0 Å². The SMILES string of the molecule is CC(NC(=O)C(O)C(N)CCCCN)C(=O)N1CCC[C@H]1C(=O)O. The molecule has 0 aromatic carbocycles. The number of carbonyl (C=O) groups is 3. The molecule has 0 aromatic heterocycles. The van der Waals surface area contributed by atoms with E-state index >= 15 is 0 Å². The number of nitrogens with two attached hydrogens (primary N) is 2. The van der Waals surface area contributed by atoms with E-state index < -0.39 is 42.0 Å². The van der Waals surface area contributed by atoms with Crippen LogP contribution in [0.15, 0.2) is 0 Å². The molecule has 1 rings (SSSR count). The first-order valence-corrected chi connectivity index (χ1v) is 8.27. The Kier molecular flexibility index (Phi) is 8.09. The van der Waals surface area contributed by atoms with Crippen molar-refractivity contribution in [2.45, 2.75) is 63.3 Å². The molecule has 1 aliphatic rings. The summed E-state index contributed by atoms with van der Waals surface area (Å²) in [5, 5.41) is 21.5. The van der Waals surface area contributed by atoms with Crippen molar-refractivity contribution in [2.24, 2.45) is 11.5 Å². The Labute approximate surface area is 141 Å². The number of hydrogen-bond donors (Lipinski definition) is 5. The number of likely N-dealkylation sites (tertiary alicyclic amines) is 1. The topological polar surface area (TPSA) is 159 Å². The first-order valence-electron chi connectivity index (χ1n) is 8.27. The van der Waals surface area contributed by atoms with Gasteiger partial charge in [-0.25, -0.2) is 4.79 Å². The van der Waals surface area contributed by atoms with Crippen LogP contribution in [0.25, 0.3) is 0 Å². The van der Waals surface area contributed by atoms with E-state index in [2.05, 4.69) is 5.32 Å². The summed E-state index contributed by atoms with van der Waals surface area (Å²) >= 11 is 0.